The topological polar surface area (TPSA) is 142 Å². The van der Waals surface area contributed by atoms with Gasteiger partial charge in [-0.3, -0.25) is 19.7 Å². The lowest BCUT2D eigenvalue weighted by Gasteiger charge is -2.11. The van der Waals surface area contributed by atoms with Gasteiger partial charge in [0.05, 0.1) is 22.0 Å². The maximum Gasteiger partial charge on any atom is 0.282 e. The smallest absolute Gasteiger partial charge is 0.282 e. The van der Waals surface area contributed by atoms with Gasteiger partial charge in [0.2, 0.25) is 5.82 Å². The second kappa shape index (κ2) is 11.8. The molecule has 218 valence electrons. The van der Waals surface area contributed by atoms with Gasteiger partial charge in [0.25, 0.3) is 17.2 Å². The molecule has 0 radical (unpaired) electrons. The molecule has 0 saturated carbocycles. The summed E-state index contributed by atoms with van der Waals surface area (Å²) in [6, 6.07) is 24.7. The van der Waals surface area contributed by atoms with Crippen LogP contribution in [0.4, 0.5) is 11.4 Å². The van der Waals surface area contributed by atoms with Crippen LogP contribution in [0.2, 0.25) is 5.02 Å². The highest BCUT2D eigenvalue weighted by Gasteiger charge is 2.18. The summed E-state index contributed by atoms with van der Waals surface area (Å²) in [7, 11) is 0. The summed E-state index contributed by atoms with van der Waals surface area (Å²) in [6.45, 7) is 1.56. The SMILES string of the molecule is Cc1ccc(NC(=O)COc2ccc([N+](=O)[O-])cc2C=Nn2c(-c3cc4cc(Cl)ccc4o3)nc3ccccc3c2=O)cc1. The molecule has 0 fully saturated rings. The Balaban J connectivity index is 1.38. The van der Waals surface area contributed by atoms with Gasteiger partial charge in [-0.05, 0) is 61.5 Å². The fourth-order valence-electron chi connectivity index (χ4n) is 4.49. The lowest BCUT2D eigenvalue weighted by molar-refractivity contribution is -0.384. The number of carbonyl (C=O) groups is 1. The van der Waals surface area contributed by atoms with E-state index < -0.39 is 16.4 Å². The molecule has 44 heavy (non-hydrogen) atoms. The van der Waals surface area contributed by atoms with E-state index in [1.165, 1.54) is 24.4 Å². The Morgan fingerprint density at radius 2 is 1.89 bits per heavy atom. The van der Waals surface area contributed by atoms with E-state index in [1.807, 2.05) is 19.1 Å². The summed E-state index contributed by atoms with van der Waals surface area (Å²) in [4.78, 5) is 41.8. The molecular formula is C32H22ClN5O6. The number of aromatic nitrogens is 2. The van der Waals surface area contributed by atoms with Crippen molar-refractivity contribution < 1.29 is 18.9 Å². The molecule has 4 aromatic carbocycles. The van der Waals surface area contributed by atoms with Gasteiger partial charge in [0, 0.05) is 33.8 Å². The Hall–Kier alpha value is -5.81. The Bertz CT molecular complexity index is 2150. The van der Waals surface area contributed by atoms with Crippen LogP contribution in [-0.2, 0) is 4.79 Å². The highest BCUT2D eigenvalue weighted by molar-refractivity contribution is 6.31. The molecule has 2 aromatic heterocycles. The number of hydrogen-bond donors (Lipinski definition) is 1. The van der Waals surface area contributed by atoms with Crippen LogP contribution in [0.5, 0.6) is 5.75 Å². The number of carbonyl (C=O) groups excluding carboxylic acids is 1. The van der Waals surface area contributed by atoms with Gasteiger partial charge in [-0.1, -0.05) is 41.4 Å². The van der Waals surface area contributed by atoms with Crippen molar-refractivity contribution in [3.8, 4) is 17.3 Å². The average molecular weight is 608 g/mol. The van der Waals surface area contributed by atoms with Crippen molar-refractivity contribution in [2.24, 2.45) is 5.10 Å². The van der Waals surface area contributed by atoms with Crippen molar-refractivity contribution in [1.82, 2.24) is 9.66 Å². The van der Waals surface area contributed by atoms with Crippen molar-refractivity contribution in [1.29, 1.82) is 0 Å². The lowest BCUT2D eigenvalue weighted by atomic mass is 10.2. The molecule has 2 heterocycles. The molecule has 0 spiro atoms. The van der Waals surface area contributed by atoms with Crippen molar-refractivity contribution in [3.63, 3.8) is 0 Å². The van der Waals surface area contributed by atoms with Crippen molar-refractivity contribution >= 4 is 57.0 Å². The number of nitro groups is 1. The number of aryl methyl sites for hydroxylation is 1. The molecule has 0 aliphatic carbocycles. The first-order valence-electron chi connectivity index (χ1n) is 13.3. The quantitative estimate of drug-likeness (QED) is 0.117. The number of nitrogens with one attached hydrogen (secondary N) is 1. The molecule has 0 saturated heterocycles. The van der Waals surface area contributed by atoms with E-state index in [9.17, 15) is 19.7 Å². The summed E-state index contributed by atoms with van der Waals surface area (Å²) in [5, 5.41) is 20.2. The average Bonchev–Trinajstić information content (AvgIpc) is 3.44. The number of furan rings is 1. The minimum absolute atomic E-state index is 0.0997. The molecule has 1 N–H and O–H groups in total. The summed E-state index contributed by atoms with van der Waals surface area (Å²) >= 11 is 6.15. The van der Waals surface area contributed by atoms with Crippen LogP contribution in [0, 0.1) is 17.0 Å². The Morgan fingerprint density at radius 3 is 2.68 bits per heavy atom. The van der Waals surface area contributed by atoms with Crippen molar-refractivity contribution in [2.45, 2.75) is 6.92 Å². The monoisotopic (exact) mass is 607 g/mol. The molecule has 0 atom stereocenters. The normalized spacial score (nSPS) is 11.3. The number of nitro benzene ring substituents is 1. The van der Waals surface area contributed by atoms with E-state index in [-0.39, 0.29) is 35.2 Å². The highest BCUT2D eigenvalue weighted by Crippen LogP contribution is 2.29. The maximum absolute atomic E-state index is 13.6. The molecule has 0 aliphatic rings. The Kier molecular flexibility index (Phi) is 7.61. The van der Waals surface area contributed by atoms with E-state index in [4.69, 9.17) is 20.8 Å². The first-order valence-corrected chi connectivity index (χ1v) is 13.7. The Labute approximate surface area is 254 Å². The van der Waals surface area contributed by atoms with Crippen LogP contribution in [0.15, 0.2) is 105 Å². The summed E-state index contributed by atoms with van der Waals surface area (Å²) < 4.78 is 12.8. The predicted octanol–water partition coefficient (Wildman–Crippen LogP) is 6.58. The minimum Gasteiger partial charge on any atom is -0.483 e. The molecule has 0 bridgehead atoms. The summed E-state index contributed by atoms with van der Waals surface area (Å²) in [5.41, 5.74) is 2.02. The molecule has 11 nitrogen and oxygen atoms in total. The van der Waals surface area contributed by atoms with Gasteiger partial charge >= 0.3 is 0 Å². The lowest BCUT2D eigenvalue weighted by Crippen LogP contribution is -2.21. The summed E-state index contributed by atoms with van der Waals surface area (Å²) in [5.74, 6) is 0.0608. The van der Waals surface area contributed by atoms with Gasteiger partial charge in [-0.15, -0.1) is 0 Å². The zero-order chi connectivity index (χ0) is 30.8. The standard InChI is InChI=1S/C32H22ClN5O6/c1-19-6-9-23(10-7-19)35-30(39)18-43-27-13-11-24(38(41)42)15-21(27)17-34-37-31(36-26-5-3-2-4-25(26)32(37)40)29-16-20-14-22(33)8-12-28(20)44-29/h2-17H,18H2,1H3,(H,35,39). The van der Waals surface area contributed by atoms with E-state index in [0.29, 0.717) is 32.6 Å². The number of rotatable bonds is 8. The number of amides is 1. The summed E-state index contributed by atoms with van der Waals surface area (Å²) in [6.07, 6.45) is 1.24. The van der Waals surface area contributed by atoms with E-state index in [2.05, 4.69) is 15.4 Å². The van der Waals surface area contributed by atoms with Gasteiger partial charge in [0.1, 0.15) is 11.3 Å². The number of halogens is 1. The number of nitrogens with zero attached hydrogens (tertiary/aromatic N) is 4. The fourth-order valence-corrected chi connectivity index (χ4v) is 4.67. The molecular weight excluding hydrogens is 586 g/mol. The number of para-hydroxylation sites is 1. The molecule has 1 amide bonds. The molecule has 6 rings (SSSR count). The number of fused-ring (bicyclic) bond motifs is 2. The number of hydrogen-bond acceptors (Lipinski definition) is 8. The van der Waals surface area contributed by atoms with Crippen molar-refractivity contribution in [2.75, 3.05) is 11.9 Å². The first-order chi connectivity index (χ1) is 21.2. The fraction of sp³-hybridized carbons (Fsp3) is 0.0625. The first kappa shape index (κ1) is 28.3. The molecule has 6 aromatic rings. The van der Waals surface area contributed by atoms with Crippen LogP contribution >= 0.6 is 11.6 Å². The van der Waals surface area contributed by atoms with E-state index >= 15 is 0 Å². The number of non-ortho nitro benzene ring substituents is 1. The van der Waals surface area contributed by atoms with Crippen LogP contribution in [-0.4, -0.2) is 33.3 Å². The van der Waals surface area contributed by atoms with Crippen LogP contribution in [0.3, 0.4) is 0 Å². The number of anilines is 1. The minimum atomic E-state index is -0.570. The maximum atomic E-state index is 13.6. The van der Waals surface area contributed by atoms with Gasteiger partial charge in [-0.2, -0.15) is 9.78 Å². The molecule has 0 unspecified atom stereocenters. The highest BCUT2D eigenvalue weighted by atomic mass is 35.5. The Morgan fingerprint density at radius 1 is 1.09 bits per heavy atom. The second-order valence-electron chi connectivity index (χ2n) is 9.79. The zero-order valence-corrected chi connectivity index (χ0v) is 23.8. The predicted molar refractivity (Wildman–Crippen MR) is 168 cm³/mol. The van der Waals surface area contributed by atoms with Gasteiger partial charge < -0.3 is 14.5 Å². The van der Waals surface area contributed by atoms with Crippen LogP contribution in [0.1, 0.15) is 11.1 Å². The molecule has 0 aliphatic heterocycles. The van der Waals surface area contributed by atoms with Gasteiger partial charge in [-0.25, -0.2) is 4.98 Å². The van der Waals surface area contributed by atoms with E-state index in [1.54, 1.807) is 60.7 Å². The number of benzene rings is 4. The van der Waals surface area contributed by atoms with Crippen LogP contribution in [0.25, 0.3) is 33.5 Å². The largest absolute Gasteiger partial charge is 0.483 e. The van der Waals surface area contributed by atoms with Crippen molar-refractivity contribution in [3.05, 3.63) is 128 Å². The number of ether oxygens (including phenoxy) is 1. The second-order valence-corrected chi connectivity index (χ2v) is 10.2. The van der Waals surface area contributed by atoms with Gasteiger partial charge in [0.15, 0.2) is 12.4 Å². The zero-order valence-electron chi connectivity index (χ0n) is 23.1. The third kappa shape index (κ3) is 5.90. The van der Waals surface area contributed by atoms with E-state index in [0.717, 1.165) is 10.2 Å². The molecule has 12 heteroatoms. The third-order valence-electron chi connectivity index (χ3n) is 6.66. The van der Waals surface area contributed by atoms with Crippen LogP contribution < -0.4 is 15.6 Å². The third-order valence-corrected chi connectivity index (χ3v) is 6.90.